The van der Waals surface area contributed by atoms with Gasteiger partial charge in [0.1, 0.15) is 0 Å². The fourth-order valence-electron chi connectivity index (χ4n) is 1.40. The van der Waals surface area contributed by atoms with Crippen molar-refractivity contribution in [2.45, 2.75) is 26.8 Å². The van der Waals surface area contributed by atoms with E-state index in [0.29, 0.717) is 12.0 Å². The molecule has 1 rings (SSSR count). The van der Waals surface area contributed by atoms with Crippen LogP contribution in [-0.4, -0.2) is 20.1 Å². The van der Waals surface area contributed by atoms with Crippen molar-refractivity contribution in [2.24, 2.45) is 5.92 Å². The molecule has 15 heavy (non-hydrogen) atoms. The molecule has 1 atom stereocenters. The van der Waals surface area contributed by atoms with E-state index in [4.69, 9.17) is 0 Å². The summed E-state index contributed by atoms with van der Waals surface area (Å²) in [6.45, 7) is 6.68. The molecular formula is C13H22N2. The van der Waals surface area contributed by atoms with Crippen molar-refractivity contribution < 1.29 is 0 Å². The molecule has 0 aliphatic heterocycles. The van der Waals surface area contributed by atoms with E-state index in [2.05, 4.69) is 69.3 Å². The third-order valence-corrected chi connectivity index (χ3v) is 2.77. The van der Waals surface area contributed by atoms with Crippen LogP contribution in [0, 0.1) is 5.92 Å². The lowest BCUT2D eigenvalue weighted by Crippen LogP contribution is -2.23. The number of para-hydroxylation sites is 2. The molecule has 0 aromatic heterocycles. The molecule has 0 heterocycles. The Bertz CT molecular complexity index is 305. The van der Waals surface area contributed by atoms with Crippen molar-refractivity contribution in [1.29, 1.82) is 0 Å². The van der Waals surface area contributed by atoms with Crippen LogP contribution in [0.3, 0.4) is 0 Å². The number of anilines is 2. The molecule has 0 aliphatic rings. The van der Waals surface area contributed by atoms with Gasteiger partial charge in [-0.25, -0.2) is 0 Å². The van der Waals surface area contributed by atoms with Crippen LogP contribution in [0.5, 0.6) is 0 Å². The lowest BCUT2D eigenvalue weighted by Gasteiger charge is -2.23. The number of benzene rings is 1. The zero-order valence-corrected chi connectivity index (χ0v) is 10.4. The molecule has 1 unspecified atom stereocenters. The van der Waals surface area contributed by atoms with Crippen LogP contribution >= 0.6 is 0 Å². The molecule has 1 N–H and O–H groups in total. The van der Waals surface area contributed by atoms with Crippen molar-refractivity contribution in [3.63, 3.8) is 0 Å². The molecule has 0 amide bonds. The molecule has 0 bridgehead atoms. The number of nitrogens with one attached hydrogen (secondary N) is 1. The second-order valence-electron chi connectivity index (χ2n) is 4.59. The molecule has 2 heteroatoms. The summed E-state index contributed by atoms with van der Waals surface area (Å²) in [5.74, 6) is 0.639. The zero-order chi connectivity index (χ0) is 11.4. The first kappa shape index (κ1) is 11.9. The fraction of sp³-hybridized carbons (Fsp3) is 0.538. The Morgan fingerprint density at radius 3 is 2.20 bits per heavy atom. The van der Waals surface area contributed by atoms with Crippen LogP contribution in [0.1, 0.15) is 20.8 Å². The molecular weight excluding hydrogens is 184 g/mol. The molecule has 0 saturated carbocycles. The van der Waals surface area contributed by atoms with Gasteiger partial charge in [0.2, 0.25) is 0 Å². The highest BCUT2D eigenvalue weighted by molar-refractivity contribution is 5.69. The minimum Gasteiger partial charge on any atom is -0.381 e. The van der Waals surface area contributed by atoms with Gasteiger partial charge in [0.05, 0.1) is 11.4 Å². The van der Waals surface area contributed by atoms with Gasteiger partial charge in [0, 0.05) is 20.1 Å². The van der Waals surface area contributed by atoms with Crippen LogP contribution < -0.4 is 10.2 Å². The molecule has 0 fully saturated rings. The molecule has 0 saturated heterocycles. The lowest BCUT2D eigenvalue weighted by molar-refractivity contribution is 0.560. The Morgan fingerprint density at radius 2 is 1.67 bits per heavy atom. The normalized spacial score (nSPS) is 12.7. The van der Waals surface area contributed by atoms with Crippen molar-refractivity contribution >= 4 is 11.4 Å². The maximum Gasteiger partial charge on any atom is 0.0596 e. The number of nitrogens with zero attached hydrogens (tertiary/aromatic N) is 1. The summed E-state index contributed by atoms with van der Waals surface area (Å²) in [5, 5.41) is 3.55. The summed E-state index contributed by atoms with van der Waals surface area (Å²) in [5.41, 5.74) is 2.45. The SMILES string of the molecule is CC(C)C(C)Nc1ccccc1N(C)C. The van der Waals surface area contributed by atoms with Crippen molar-refractivity contribution in [3.8, 4) is 0 Å². The largest absolute Gasteiger partial charge is 0.381 e. The van der Waals surface area contributed by atoms with Crippen molar-refractivity contribution in [2.75, 3.05) is 24.3 Å². The highest BCUT2D eigenvalue weighted by atomic mass is 15.1. The summed E-state index contributed by atoms with van der Waals surface area (Å²) in [6.07, 6.45) is 0. The smallest absolute Gasteiger partial charge is 0.0596 e. The van der Waals surface area contributed by atoms with E-state index >= 15 is 0 Å². The van der Waals surface area contributed by atoms with Crippen LogP contribution in [0.25, 0.3) is 0 Å². The van der Waals surface area contributed by atoms with E-state index < -0.39 is 0 Å². The summed E-state index contributed by atoms with van der Waals surface area (Å²) < 4.78 is 0. The minimum absolute atomic E-state index is 0.492. The van der Waals surface area contributed by atoms with Gasteiger partial charge in [-0.1, -0.05) is 26.0 Å². The molecule has 0 radical (unpaired) electrons. The molecule has 1 aromatic rings. The maximum absolute atomic E-state index is 3.55. The van der Waals surface area contributed by atoms with E-state index in [1.54, 1.807) is 0 Å². The minimum atomic E-state index is 0.492. The maximum atomic E-state index is 3.55. The number of hydrogen-bond donors (Lipinski definition) is 1. The Labute approximate surface area is 93.3 Å². The van der Waals surface area contributed by atoms with Gasteiger partial charge in [-0.2, -0.15) is 0 Å². The average molecular weight is 206 g/mol. The van der Waals surface area contributed by atoms with Crippen LogP contribution in [-0.2, 0) is 0 Å². The summed E-state index contributed by atoms with van der Waals surface area (Å²) in [4.78, 5) is 2.13. The second kappa shape index (κ2) is 5.06. The first-order chi connectivity index (χ1) is 7.02. The molecule has 2 nitrogen and oxygen atoms in total. The quantitative estimate of drug-likeness (QED) is 0.813. The van der Waals surface area contributed by atoms with Gasteiger partial charge in [0.15, 0.2) is 0 Å². The van der Waals surface area contributed by atoms with Gasteiger partial charge in [-0.3, -0.25) is 0 Å². The highest BCUT2D eigenvalue weighted by Gasteiger charge is 2.09. The number of hydrogen-bond acceptors (Lipinski definition) is 2. The highest BCUT2D eigenvalue weighted by Crippen LogP contribution is 2.25. The zero-order valence-electron chi connectivity index (χ0n) is 10.4. The molecule has 0 spiro atoms. The van der Waals surface area contributed by atoms with Crippen molar-refractivity contribution in [1.82, 2.24) is 0 Å². The summed E-state index contributed by atoms with van der Waals surface area (Å²) >= 11 is 0. The summed E-state index contributed by atoms with van der Waals surface area (Å²) in [7, 11) is 4.14. The van der Waals surface area contributed by atoms with Gasteiger partial charge in [0.25, 0.3) is 0 Å². The lowest BCUT2D eigenvalue weighted by atomic mass is 10.1. The van der Waals surface area contributed by atoms with E-state index in [0.717, 1.165) is 0 Å². The van der Waals surface area contributed by atoms with E-state index in [-0.39, 0.29) is 0 Å². The van der Waals surface area contributed by atoms with E-state index in [9.17, 15) is 0 Å². The van der Waals surface area contributed by atoms with Gasteiger partial charge in [-0.05, 0) is 25.0 Å². The second-order valence-corrected chi connectivity index (χ2v) is 4.59. The average Bonchev–Trinajstić information content (AvgIpc) is 2.18. The standard InChI is InChI=1S/C13H22N2/c1-10(2)11(3)14-12-8-6-7-9-13(12)15(4)5/h6-11,14H,1-5H3. The fourth-order valence-corrected chi connectivity index (χ4v) is 1.40. The van der Waals surface area contributed by atoms with Gasteiger partial charge >= 0.3 is 0 Å². The van der Waals surface area contributed by atoms with E-state index in [1.807, 2.05) is 0 Å². The van der Waals surface area contributed by atoms with Crippen LogP contribution in [0.4, 0.5) is 11.4 Å². The molecule has 0 aliphatic carbocycles. The third kappa shape index (κ3) is 3.15. The van der Waals surface area contributed by atoms with Crippen molar-refractivity contribution in [3.05, 3.63) is 24.3 Å². The number of rotatable bonds is 4. The summed E-state index contributed by atoms with van der Waals surface area (Å²) in [6, 6.07) is 8.90. The van der Waals surface area contributed by atoms with Crippen LogP contribution in [0.2, 0.25) is 0 Å². The van der Waals surface area contributed by atoms with Gasteiger partial charge in [-0.15, -0.1) is 0 Å². The van der Waals surface area contributed by atoms with E-state index in [1.165, 1.54) is 11.4 Å². The Kier molecular flexibility index (Phi) is 4.01. The predicted molar refractivity (Wildman–Crippen MR) is 68.7 cm³/mol. The topological polar surface area (TPSA) is 15.3 Å². The van der Waals surface area contributed by atoms with Crippen LogP contribution in [0.15, 0.2) is 24.3 Å². The van der Waals surface area contributed by atoms with Gasteiger partial charge < -0.3 is 10.2 Å². The first-order valence-electron chi connectivity index (χ1n) is 5.55. The Morgan fingerprint density at radius 1 is 1.07 bits per heavy atom. The molecule has 1 aromatic carbocycles. The molecule has 84 valence electrons. The predicted octanol–water partition coefficient (Wildman–Crippen LogP) is 3.21. The first-order valence-corrected chi connectivity index (χ1v) is 5.55. The Balaban J connectivity index is 2.84. The third-order valence-electron chi connectivity index (χ3n) is 2.77. The monoisotopic (exact) mass is 206 g/mol. The Hall–Kier alpha value is -1.18.